The Balaban J connectivity index is 1.15. The summed E-state index contributed by atoms with van der Waals surface area (Å²) in [5.41, 5.74) is 13.1. The average Bonchev–Trinajstić information content (AvgIpc) is 1.81. The molecule has 84 heavy (non-hydrogen) atoms. The number of hydrogen-bond acceptors (Lipinski definition) is 6. The van der Waals surface area contributed by atoms with Crippen LogP contribution in [0, 0.1) is 68.0 Å². The quantitative estimate of drug-likeness (QED) is 0.148. The molecule has 13 aromatic rings. The topological polar surface area (TPSA) is 153 Å². The van der Waals surface area contributed by atoms with E-state index in [4.69, 9.17) is 0 Å². The van der Waals surface area contributed by atoms with Crippen LogP contribution in [0.2, 0.25) is 0 Å². The van der Waals surface area contributed by atoms with Gasteiger partial charge < -0.3 is 9.13 Å². The van der Waals surface area contributed by atoms with Crippen molar-refractivity contribution in [1.29, 1.82) is 31.6 Å². The molecule has 0 fully saturated rings. The predicted octanol–water partition coefficient (Wildman–Crippen LogP) is 18.1. The Morgan fingerprint density at radius 2 is 0.631 bits per heavy atom. The first-order valence-corrected chi connectivity index (χ1v) is 26.5. The zero-order chi connectivity index (χ0) is 57.8. The van der Waals surface area contributed by atoms with Gasteiger partial charge >= 0.3 is 6.18 Å². The van der Waals surface area contributed by atoms with Crippen molar-refractivity contribution in [2.45, 2.75) is 6.18 Å². The normalized spacial score (nSPS) is 11.2. The van der Waals surface area contributed by atoms with Crippen LogP contribution in [-0.2, 0) is 6.18 Å². The van der Waals surface area contributed by atoms with E-state index in [1.54, 1.807) is 48.5 Å². The van der Waals surface area contributed by atoms with Crippen LogP contribution in [0.25, 0.3) is 122 Å². The molecule has 0 bridgehead atoms. The highest BCUT2D eigenvalue weighted by Gasteiger charge is 2.32. The number of nitrogens with zero attached hydrogens (tertiary/aromatic N) is 8. The van der Waals surface area contributed by atoms with Crippen LogP contribution < -0.4 is 0 Å². The second kappa shape index (κ2) is 20.4. The van der Waals surface area contributed by atoms with E-state index in [-0.39, 0.29) is 16.7 Å². The number of benzene rings is 11. The van der Waals surface area contributed by atoms with Gasteiger partial charge in [-0.15, -0.1) is 0 Å². The Morgan fingerprint density at radius 1 is 0.286 bits per heavy atom. The number of rotatable bonds is 8. The molecule has 0 N–H and O–H groups in total. The van der Waals surface area contributed by atoms with E-state index in [1.165, 1.54) is 6.07 Å². The number of aromatic nitrogens is 2. The van der Waals surface area contributed by atoms with Gasteiger partial charge in [-0.3, -0.25) is 0 Å². The van der Waals surface area contributed by atoms with Crippen LogP contribution >= 0.6 is 0 Å². The van der Waals surface area contributed by atoms with Crippen molar-refractivity contribution in [3.8, 4) is 115 Å². The van der Waals surface area contributed by atoms with E-state index in [1.807, 2.05) is 133 Å². The van der Waals surface area contributed by atoms with Gasteiger partial charge in [-0.1, -0.05) is 97.1 Å². The third-order valence-corrected chi connectivity index (χ3v) is 15.5. The Bertz CT molecular complexity index is 5000. The Hall–Kier alpha value is -12.3. The van der Waals surface area contributed by atoms with Crippen LogP contribution in [0.1, 0.15) is 38.9 Å². The van der Waals surface area contributed by atoms with E-state index < -0.39 is 11.7 Å². The van der Waals surface area contributed by atoms with Gasteiger partial charge in [0, 0.05) is 38.2 Å². The van der Waals surface area contributed by atoms with Crippen molar-refractivity contribution in [1.82, 2.24) is 9.13 Å². The number of nitriles is 6. The lowest BCUT2D eigenvalue weighted by Gasteiger charge is -2.23. The molecule has 0 saturated carbocycles. The second-order valence-corrected chi connectivity index (χ2v) is 20.3. The van der Waals surface area contributed by atoms with Crippen molar-refractivity contribution >= 4 is 43.6 Å². The van der Waals surface area contributed by atoms with E-state index in [2.05, 4.69) is 69.8 Å². The highest BCUT2D eigenvalue weighted by Crippen LogP contribution is 2.49. The second-order valence-electron chi connectivity index (χ2n) is 20.3. The van der Waals surface area contributed by atoms with E-state index in [0.717, 1.165) is 100 Å². The standard InChI is InChI=1S/C73H37F3N8/c74-73(75,76)58-23-24-59(57(33-58)43-82)60-16-6-18-70(84-67-27-21-54(50-13-3-9-46(31-50)40-79)36-63(67)64-37-55(22-28-68(64)84)51-14-4-10-47(32-51)41-80)72(60)71-56(42-81)15-5-17-69(71)83-65-25-19-52(48-11-1-7-44(29-48)38-77)34-61(65)62-35-53(20-26-66(62)83)49-12-2-8-45(30-49)39-78/h1-37H. The van der Waals surface area contributed by atoms with Crippen LogP contribution in [0.15, 0.2) is 224 Å². The molecule has 8 nitrogen and oxygen atoms in total. The molecule has 390 valence electrons. The molecular weight excluding hydrogens is 1050 g/mol. The lowest BCUT2D eigenvalue weighted by Crippen LogP contribution is -2.07. The number of halogens is 3. The summed E-state index contributed by atoms with van der Waals surface area (Å²) in [4.78, 5) is 0. The van der Waals surface area contributed by atoms with Crippen LogP contribution in [0.3, 0.4) is 0 Å². The minimum Gasteiger partial charge on any atom is -0.309 e. The molecule has 0 saturated heterocycles. The highest BCUT2D eigenvalue weighted by atomic mass is 19.4. The molecule has 11 aromatic carbocycles. The molecule has 0 aliphatic rings. The van der Waals surface area contributed by atoms with Crippen molar-refractivity contribution in [3.63, 3.8) is 0 Å². The van der Waals surface area contributed by atoms with E-state index in [9.17, 15) is 44.7 Å². The van der Waals surface area contributed by atoms with Gasteiger partial charge in [0.25, 0.3) is 0 Å². The molecule has 0 amide bonds. The fourth-order valence-corrected chi connectivity index (χ4v) is 11.7. The summed E-state index contributed by atoms with van der Waals surface area (Å²) < 4.78 is 47.8. The van der Waals surface area contributed by atoms with Crippen molar-refractivity contribution in [2.75, 3.05) is 0 Å². The summed E-state index contributed by atoms with van der Waals surface area (Å²) in [5, 5.41) is 65.3. The van der Waals surface area contributed by atoms with Crippen molar-refractivity contribution in [3.05, 3.63) is 263 Å². The smallest absolute Gasteiger partial charge is 0.309 e. The summed E-state index contributed by atoms with van der Waals surface area (Å²) in [6, 6.07) is 81.2. The summed E-state index contributed by atoms with van der Waals surface area (Å²) in [7, 11) is 0. The predicted molar refractivity (Wildman–Crippen MR) is 321 cm³/mol. The first-order valence-electron chi connectivity index (χ1n) is 26.5. The fraction of sp³-hybridized carbons (Fsp3) is 0.0137. The van der Waals surface area contributed by atoms with Gasteiger partial charge in [0.2, 0.25) is 0 Å². The van der Waals surface area contributed by atoms with Crippen molar-refractivity contribution in [2.24, 2.45) is 0 Å². The summed E-state index contributed by atoms with van der Waals surface area (Å²) in [6.07, 6.45) is -4.75. The molecule has 13 rings (SSSR count). The third kappa shape index (κ3) is 8.69. The van der Waals surface area contributed by atoms with Crippen molar-refractivity contribution < 1.29 is 13.2 Å². The van der Waals surface area contributed by atoms with Crippen LogP contribution in [0.4, 0.5) is 13.2 Å². The minimum absolute atomic E-state index is 0.205. The number of alkyl halides is 3. The zero-order valence-corrected chi connectivity index (χ0v) is 44.1. The average molecular weight is 1080 g/mol. The van der Waals surface area contributed by atoms with Gasteiger partial charge in [-0.25, -0.2) is 0 Å². The Morgan fingerprint density at radius 3 is 0.988 bits per heavy atom. The molecule has 0 radical (unpaired) electrons. The lowest BCUT2D eigenvalue weighted by atomic mass is 9.87. The van der Waals surface area contributed by atoms with Gasteiger partial charge in [0.05, 0.1) is 109 Å². The summed E-state index contributed by atoms with van der Waals surface area (Å²) in [5.74, 6) is 0. The molecule has 11 heteroatoms. The first kappa shape index (κ1) is 51.2. The largest absolute Gasteiger partial charge is 0.416 e. The number of fused-ring (bicyclic) bond motifs is 6. The van der Waals surface area contributed by atoms with Gasteiger partial charge in [0.15, 0.2) is 0 Å². The van der Waals surface area contributed by atoms with E-state index in [0.29, 0.717) is 50.3 Å². The van der Waals surface area contributed by atoms with Gasteiger partial charge in [-0.2, -0.15) is 44.7 Å². The SMILES string of the molecule is N#Cc1cccc(-c2ccc3c(c2)c2cc(-c4cccc(C#N)c4)ccc2n3-c2cccc(C#N)c2-c2c(-c3ccc(C(F)(F)F)cc3C#N)cccc2-n2c3ccc(-c4cccc(C#N)c4)cc3c3cc(-c4cccc(C#N)c4)ccc32)c1. The third-order valence-electron chi connectivity index (χ3n) is 15.5. The first-order chi connectivity index (χ1) is 41.0. The van der Waals surface area contributed by atoms with E-state index >= 15 is 0 Å². The van der Waals surface area contributed by atoms with Gasteiger partial charge in [-0.05, 0) is 177 Å². The molecule has 0 unspecified atom stereocenters. The maximum Gasteiger partial charge on any atom is 0.416 e. The monoisotopic (exact) mass is 1080 g/mol. The highest BCUT2D eigenvalue weighted by molar-refractivity contribution is 6.15. The molecule has 0 aliphatic heterocycles. The Labute approximate surface area is 479 Å². The van der Waals surface area contributed by atoms with Crippen LogP contribution in [-0.4, -0.2) is 9.13 Å². The molecule has 0 spiro atoms. The molecule has 0 atom stereocenters. The Kier molecular flexibility index (Phi) is 12.5. The maximum absolute atomic E-state index is 14.5. The number of hydrogen-bond donors (Lipinski definition) is 0. The van der Waals surface area contributed by atoms with Crippen LogP contribution in [0.5, 0.6) is 0 Å². The molecule has 2 aromatic heterocycles. The molecular formula is C73H37F3N8. The summed E-state index contributed by atoms with van der Waals surface area (Å²) in [6.45, 7) is 0. The fourth-order valence-electron chi connectivity index (χ4n) is 11.7. The zero-order valence-electron chi connectivity index (χ0n) is 44.1. The maximum atomic E-state index is 14.5. The molecule has 2 heterocycles. The lowest BCUT2D eigenvalue weighted by molar-refractivity contribution is -0.137. The summed E-state index contributed by atoms with van der Waals surface area (Å²) >= 11 is 0. The van der Waals surface area contributed by atoms with Gasteiger partial charge in [0.1, 0.15) is 0 Å². The molecule has 0 aliphatic carbocycles. The minimum atomic E-state index is -4.75.